The second-order valence-corrected chi connectivity index (χ2v) is 7.64. The van der Waals surface area contributed by atoms with E-state index in [0.29, 0.717) is 5.56 Å². The van der Waals surface area contributed by atoms with Crippen molar-refractivity contribution in [2.45, 2.75) is 13.8 Å². The van der Waals surface area contributed by atoms with Crippen molar-refractivity contribution in [3.05, 3.63) is 102 Å². The number of carbonyl (C=O) groups excluding carboxylic acids is 1. The van der Waals surface area contributed by atoms with Gasteiger partial charge in [0.2, 0.25) is 0 Å². The Balaban J connectivity index is 1.47. The number of imidazole rings is 1. The number of benzene rings is 3. The maximum Gasteiger partial charge on any atom is 0.255 e. The fraction of sp³-hybridized carbons (Fsp3) is 0.0769. The van der Waals surface area contributed by atoms with E-state index in [-0.39, 0.29) is 5.91 Å². The first-order valence-electron chi connectivity index (χ1n) is 9.93. The number of pyridine rings is 1. The molecule has 0 atom stereocenters. The summed E-state index contributed by atoms with van der Waals surface area (Å²) in [4.78, 5) is 17.6. The van der Waals surface area contributed by atoms with E-state index >= 15 is 0 Å². The van der Waals surface area contributed by atoms with E-state index in [9.17, 15) is 4.79 Å². The maximum atomic E-state index is 12.9. The summed E-state index contributed by atoms with van der Waals surface area (Å²) in [5.74, 6) is -0.119. The number of rotatable bonds is 3. The van der Waals surface area contributed by atoms with Crippen LogP contribution in [0, 0.1) is 13.8 Å². The fourth-order valence-electron chi connectivity index (χ4n) is 3.66. The Morgan fingerprint density at radius 2 is 1.73 bits per heavy atom. The molecule has 1 N–H and O–H groups in total. The highest BCUT2D eigenvalue weighted by atomic mass is 16.1. The van der Waals surface area contributed by atoms with Crippen LogP contribution in [0.3, 0.4) is 0 Å². The van der Waals surface area contributed by atoms with Crippen molar-refractivity contribution in [2.24, 2.45) is 0 Å². The Kier molecular flexibility index (Phi) is 4.32. The molecule has 3 aromatic carbocycles. The molecule has 4 nitrogen and oxygen atoms in total. The lowest BCUT2D eigenvalue weighted by Gasteiger charge is -2.10. The molecule has 5 aromatic rings. The lowest BCUT2D eigenvalue weighted by atomic mass is 10.1. The van der Waals surface area contributed by atoms with E-state index in [1.807, 2.05) is 84.4 Å². The van der Waals surface area contributed by atoms with Gasteiger partial charge >= 0.3 is 0 Å². The zero-order chi connectivity index (χ0) is 20.7. The minimum atomic E-state index is -0.119. The molecule has 0 aliphatic carbocycles. The van der Waals surface area contributed by atoms with Crippen molar-refractivity contribution >= 4 is 28.0 Å². The number of carbonyl (C=O) groups is 1. The zero-order valence-corrected chi connectivity index (χ0v) is 16.9. The van der Waals surface area contributed by atoms with Crippen LogP contribution in [-0.2, 0) is 0 Å². The molecular weight excluding hydrogens is 370 g/mol. The third-order valence-corrected chi connectivity index (χ3v) is 5.41. The van der Waals surface area contributed by atoms with Gasteiger partial charge in [-0.15, -0.1) is 0 Å². The van der Waals surface area contributed by atoms with Crippen LogP contribution in [0.25, 0.3) is 27.7 Å². The molecule has 0 bridgehead atoms. The predicted octanol–water partition coefficient (Wildman–Crippen LogP) is 6.02. The van der Waals surface area contributed by atoms with Gasteiger partial charge in [0.05, 0.1) is 5.69 Å². The van der Waals surface area contributed by atoms with E-state index in [0.717, 1.165) is 38.9 Å². The summed E-state index contributed by atoms with van der Waals surface area (Å²) in [5.41, 5.74) is 6.37. The van der Waals surface area contributed by atoms with Crippen LogP contribution in [0.1, 0.15) is 21.5 Å². The van der Waals surface area contributed by atoms with E-state index in [2.05, 4.69) is 24.4 Å². The van der Waals surface area contributed by atoms with Crippen molar-refractivity contribution in [3.8, 4) is 11.3 Å². The molecule has 0 aliphatic rings. The van der Waals surface area contributed by atoms with Crippen molar-refractivity contribution in [2.75, 3.05) is 5.32 Å². The fourth-order valence-corrected chi connectivity index (χ4v) is 3.66. The van der Waals surface area contributed by atoms with Gasteiger partial charge in [0.25, 0.3) is 5.91 Å². The minimum Gasteiger partial charge on any atom is -0.322 e. The second kappa shape index (κ2) is 7.16. The van der Waals surface area contributed by atoms with Crippen molar-refractivity contribution in [1.29, 1.82) is 0 Å². The van der Waals surface area contributed by atoms with Gasteiger partial charge in [-0.05, 0) is 66.1 Å². The van der Waals surface area contributed by atoms with Gasteiger partial charge in [-0.1, -0.05) is 42.5 Å². The summed E-state index contributed by atoms with van der Waals surface area (Å²) in [6.45, 7) is 4.05. The van der Waals surface area contributed by atoms with Gasteiger partial charge in [-0.2, -0.15) is 0 Å². The number of fused-ring (bicyclic) bond motifs is 2. The third kappa shape index (κ3) is 3.33. The van der Waals surface area contributed by atoms with Gasteiger partial charge in [0.15, 0.2) is 0 Å². The summed E-state index contributed by atoms with van der Waals surface area (Å²) >= 11 is 0. The summed E-state index contributed by atoms with van der Waals surface area (Å²) in [6.07, 6.45) is 4.02. The quantitative estimate of drug-likeness (QED) is 0.408. The molecule has 5 rings (SSSR count). The Bertz CT molecular complexity index is 1410. The molecule has 30 heavy (non-hydrogen) atoms. The first kappa shape index (κ1) is 18.1. The van der Waals surface area contributed by atoms with Crippen molar-refractivity contribution in [3.63, 3.8) is 0 Å². The molecule has 0 saturated carbocycles. The van der Waals surface area contributed by atoms with E-state index < -0.39 is 0 Å². The highest BCUT2D eigenvalue weighted by Crippen LogP contribution is 2.26. The van der Waals surface area contributed by atoms with E-state index in [1.165, 1.54) is 5.56 Å². The number of anilines is 1. The first-order valence-corrected chi connectivity index (χ1v) is 9.93. The normalized spacial score (nSPS) is 11.1. The Labute approximate surface area is 174 Å². The summed E-state index contributed by atoms with van der Waals surface area (Å²) in [6, 6.07) is 24.0. The molecule has 0 spiro atoms. The molecule has 0 radical (unpaired) electrons. The summed E-state index contributed by atoms with van der Waals surface area (Å²) in [7, 11) is 0. The lowest BCUT2D eigenvalue weighted by molar-refractivity contribution is 0.102. The van der Waals surface area contributed by atoms with Crippen LogP contribution in [0.4, 0.5) is 5.69 Å². The van der Waals surface area contributed by atoms with Crippen LogP contribution in [0.5, 0.6) is 0 Å². The molecule has 4 heteroatoms. The standard InChI is InChI=1S/C26H21N3O/c1-17-11-12-29-16-24(27-25(29)13-17)21-8-7-18(2)23(15-21)28-26(30)22-10-9-19-5-3-4-6-20(19)14-22/h3-16H,1-2H3,(H,28,30). The monoisotopic (exact) mass is 391 g/mol. The second-order valence-electron chi connectivity index (χ2n) is 7.64. The van der Waals surface area contributed by atoms with Crippen LogP contribution in [0.2, 0.25) is 0 Å². The summed E-state index contributed by atoms with van der Waals surface area (Å²) in [5, 5.41) is 5.24. The third-order valence-electron chi connectivity index (χ3n) is 5.41. The van der Waals surface area contributed by atoms with Crippen molar-refractivity contribution < 1.29 is 4.79 Å². The molecule has 2 heterocycles. The Morgan fingerprint density at radius 3 is 2.60 bits per heavy atom. The number of nitrogens with one attached hydrogen (secondary N) is 1. The molecular formula is C26H21N3O. The Morgan fingerprint density at radius 1 is 0.900 bits per heavy atom. The van der Waals surface area contributed by atoms with Gasteiger partial charge in [-0.3, -0.25) is 4.79 Å². The number of hydrogen-bond donors (Lipinski definition) is 1. The van der Waals surface area contributed by atoms with Crippen LogP contribution >= 0.6 is 0 Å². The molecule has 0 saturated heterocycles. The molecule has 0 fully saturated rings. The highest BCUT2D eigenvalue weighted by molar-refractivity contribution is 6.07. The minimum absolute atomic E-state index is 0.119. The van der Waals surface area contributed by atoms with Crippen LogP contribution < -0.4 is 5.32 Å². The van der Waals surface area contributed by atoms with E-state index in [1.54, 1.807) is 0 Å². The average molecular weight is 391 g/mol. The number of amides is 1. The highest BCUT2D eigenvalue weighted by Gasteiger charge is 2.11. The van der Waals surface area contributed by atoms with Gasteiger partial charge in [0, 0.05) is 29.2 Å². The van der Waals surface area contributed by atoms with Crippen molar-refractivity contribution in [1.82, 2.24) is 9.38 Å². The van der Waals surface area contributed by atoms with Gasteiger partial charge < -0.3 is 9.72 Å². The lowest BCUT2D eigenvalue weighted by Crippen LogP contribution is -2.12. The number of hydrogen-bond acceptors (Lipinski definition) is 2. The smallest absolute Gasteiger partial charge is 0.255 e. The topological polar surface area (TPSA) is 46.4 Å². The molecule has 2 aromatic heterocycles. The average Bonchev–Trinajstić information content (AvgIpc) is 3.18. The van der Waals surface area contributed by atoms with Gasteiger partial charge in [0.1, 0.15) is 5.65 Å². The SMILES string of the molecule is Cc1ccn2cc(-c3ccc(C)c(NC(=O)c4ccc5ccccc5c4)c3)nc2c1. The Hall–Kier alpha value is -3.92. The number of aromatic nitrogens is 2. The predicted molar refractivity (Wildman–Crippen MR) is 122 cm³/mol. The van der Waals surface area contributed by atoms with E-state index in [4.69, 9.17) is 4.98 Å². The van der Waals surface area contributed by atoms with Crippen LogP contribution in [-0.4, -0.2) is 15.3 Å². The number of aryl methyl sites for hydroxylation is 2. The largest absolute Gasteiger partial charge is 0.322 e. The first-order chi connectivity index (χ1) is 14.6. The number of nitrogens with zero attached hydrogens (tertiary/aromatic N) is 2. The van der Waals surface area contributed by atoms with Crippen LogP contribution in [0.15, 0.2) is 85.2 Å². The molecule has 146 valence electrons. The van der Waals surface area contributed by atoms with Gasteiger partial charge in [-0.25, -0.2) is 4.98 Å². The molecule has 0 aliphatic heterocycles. The maximum absolute atomic E-state index is 12.9. The molecule has 0 unspecified atom stereocenters. The molecule has 1 amide bonds. The zero-order valence-electron chi connectivity index (χ0n) is 16.9. The summed E-state index contributed by atoms with van der Waals surface area (Å²) < 4.78 is 2.01.